The molecule has 0 saturated carbocycles. The second kappa shape index (κ2) is 11.5. The average molecular weight is 493 g/mol. The predicted octanol–water partition coefficient (Wildman–Crippen LogP) is 2.34. The summed E-state index contributed by atoms with van der Waals surface area (Å²) >= 11 is 0. The van der Waals surface area contributed by atoms with E-state index < -0.39 is 31.3 Å². The van der Waals surface area contributed by atoms with Crippen LogP contribution < -0.4 is 15.6 Å². The first-order valence-electron chi connectivity index (χ1n) is 11.1. The molecule has 33 heavy (non-hydrogen) atoms. The zero-order valence-corrected chi connectivity index (χ0v) is 20.6. The van der Waals surface area contributed by atoms with Gasteiger partial charge in [-0.1, -0.05) is 26.6 Å². The first kappa shape index (κ1) is 27.3. The van der Waals surface area contributed by atoms with E-state index in [1.165, 1.54) is 4.90 Å². The second-order valence-corrected chi connectivity index (χ2v) is 15.4. The number of carbonyl (C=O) groups is 1. The maximum absolute atomic E-state index is 13.9. The van der Waals surface area contributed by atoms with Crippen LogP contribution in [-0.2, 0) is 27.2 Å². The summed E-state index contributed by atoms with van der Waals surface area (Å²) in [7, 11) is -1.37. The fourth-order valence-corrected chi connectivity index (χ4v) is 4.42. The van der Waals surface area contributed by atoms with Crippen molar-refractivity contribution in [3.05, 3.63) is 22.1 Å². The Morgan fingerprint density at radius 2 is 2.03 bits per heavy atom. The molecule has 2 rings (SSSR count). The Balaban J connectivity index is 2.15. The number of carboxylic acid groups (broad SMARTS) is 1. The molecule has 1 aliphatic rings. The first-order chi connectivity index (χ1) is 15.3. The minimum atomic E-state index is -4.85. The number of aliphatic carboxylic acids is 1. The predicted molar refractivity (Wildman–Crippen MR) is 118 cm³/mol. The zero-order valence-electron chi connectivity index (χ0n) is 19.6. The molecule has 1 unspecified atom stereocenters. The molecule has 0 amide bonds. The number of anilines is 1. The van der Waals surface area contributed by atoms with Gasteiger partial charge in [-0.05, 0) is 31.2 Å². The third-order valence-electron chi connectivity index (χ3n) is 5.43. The molecule has 0 radical (unpaired) electrons. The third-order valence-corrected chi connectivity index (χ3v) is 7.14. The fraction of sp³-hybridized carbons (Fsp3) is 0.762. The van der Waals surface area contributed by atoms with Crippen LogP contribution in [0, 0.1) is 5.92 Å². The van der Waals surface area contributed by atoms with Gasteiger partial charge in [0.2, 0.25) is 0 Å². The molecule has 1 fully saturated rings. The highest BCUT2D eigenvalue weighted by atomic mass is 28.3. The van der Waals surface area contributed by atoms with Gasteiger partial charge < -0.3 is 24.3 Å². The van der Waals surface area contributed by atoms with Gasteiger partial charge in [-0.25, -0.2) is 4.68 Å². The fourth-order valence-electron chi connectivity index (χ4n) is 3.66. The minimum absolute atomic E-state index is 0.123. The lowest BCUT2D eigenvalue weighted by Crippen LogP contribution is -2.39. The molecular formula is C21H33F3N3O5Si-. The van der Waals surface area contributed by atoms with E-state index in [1.807, 2.05) is 0 Å². The van der Waals surface area contributed by atoms with Gasteiger partial charge in [0.15, 0.2) is 0 Å². The number of carboxylic acids is 1. The minimum Gasteiger partial charge on any atom is -0.550 e. The number of aromatic nitrogens is 2. The molecule has 12 heteroatoms. The van der Waals surface area contributed by atoms with Crippen LogP contribution in [0.25, 0.3) is 0 Å². The lowest BCUT2D eigenvalue weighted by Gasteiger charge is -2.29. The van der Waals surface area contributed by atoms with E-state index in [1.54, 1.807) is 6.92 Å². The van der Waals surface area contributed by atoms with Crippen molar-refractivity contribution in [2.24, 2.45) is 5.92 Å². The summed E-state index contributed by atoms with van der Waals surface area (Å²) in [5.41, 5.74) is -2.76. The number of nitrogens with zero attached hydrogens (tertiary/aromatic N) is 3. The SMILES string of the molecule is CC(COC[C@@H]1CCCN1c1cnn(COCC[Si](C)(C)C)c(=O)c1C(F)(F)F)CC(=O)[O-]. The van der Waals surface area contributed by atoms with Gasteiger partial charge >= 0.3 is 6.18 Å². The van der Waals surface area contributed by atoms with Crippen LogP contribution >= 0.6 is 0 Å². The van der Waals surface area contributed by atoms with Crippen molar-refractivity contribution >= 4 is 19.7 Å². The summed E-state index contributed by atoms with van der Waals surface area (Å²) in [6.45, 7) is 8.77. The van der Waals surface area contributed by atoms with Gasteiger partial charge in [0.25, 0.3) is 5.56 Å². The van der Waals surface area contributed by atoms with Gasteiger partial charge in [-0.15, -0.1) is 0 Å². The molecule has 1 saturated heterocycles. The molecule has 2 heterocycles. The van der Waals surface area contributed by atoms with E-state index in [0.29, 0.717) is 30.7 Å². The van der Waals surface area contributed by atoms with Crippen LogP contribution in [0.15, 0.2) is 11.0 Å². The summed E-state index contributed by atoms with van der Waals surface area (Å²) in [6, 6.07) is 0.453. The monoisotopic (exact) mass is 492 g/mol. The maximum Gasteiger partial charge on any atom is 0.423 e. The lowest BCUT2D eigenvalue weighted by molar-refractivity contribution is -0.306. The number of ether oxygens (including phenoxy) is 2. The summed E-state index contributed by atoms with van der Waals surface area (Å²) in [6.07, 6.45) is -2.71. The van der Waals surface area contributed by atoms with Crippen LogP contribution in [0.5, 0.6) is 0 Å². The lowest BCUT2D eigenvalue weighted by atomic mass is 10.1. The van der Waals surface area contributed by atoms with Gasteiger partial charge in [0, 0.05) is 33.8 Å². The van der Waals surface area contributed by atoms with E-state index in [4.69, 9.17) is 9.47 Å². The molecule has 0 N–H and O–H groups in total. The largest absolute Gasteiger partial charge is 0.550 e. The Morgan fingerprint density at radius 1 is 1.33 bits per heavy atom. The number of alkyl halides is 3. The summed E-state index contributed by atoms with van der Waals surface area (Å²) < 4.78 is 53.4. The Bertz CT molecular complexity index is 857. The smallest absolute Gasteiger partial charge is 0.423 e. The summed E-state index contributed by atoms with van der Waals surface area (Å²) in [5, 5.41) is 14.6. The Morgan fingerprint density at radius 3 is 2.64 bits per heavy atom. The molecule has 0 bridgehead atoms. The van der Waals surface area contributed by atoms with Gasteiger partial charge in [0.05, 0.1) is 24.5 Å². The van der Waals surface area contributed by atoms with E-state index in [-0.39, 0.29) is 44.0 Å². The van der Waals surface area contributed by atoms with Crippen molar-refractivity contribution in [2.45, 2.75) is 70.8 Å². The van der Waals surface area contributed by atoms with Crippen molar-refractivity contribution in [2.75, 3.05) is 31.3 Å². The number of halogens is 3. The second-order valence-electron chi connectivity index (χ2n) is 9.76. The average Bonchev–Trinajstić information content (AvgIpc) is 3.12. The Hall–Kier alpha value is -1.92. The number of carbonyl (C=O) groups excluding carboxylic acids is 1. The highest BCUT2D eigenvalue weighted by molar-refractivity contribution is 6.76. The standard InChI is InChI=1S/C21H34F3N3O5Si/c1-15(10-18(28)29)12-32-13-16-6-5-7-26(16)17-11-25-27(14-31-8-9-33(2,3)4)20(30)19(17)21(22,23)24/h11,15-16H,5-10,12-14H2,1-4H3,(H,28,29)/p-1/t15?,16-/m0/s1. The van der Waals surface area contributed by atoms with E-state index in [0.717, 1.165) is 12.2 Å². The highest BCUT2D eigenvalue weighted by Crippen LogP contribution is 2.36. The summed E-state index contributed by atoms with van der Waals surface area (Å²) in [5.74, 6) is -1.46. The van der Waals surface area contributed by atoms with Crippen LogP contribution in [0.1, 0.15) is 31.7 Å². The molecule has 0 aliphatic carbocycles. The van der Waals surface area contributed by atoms with Crippen LogP contribution in [0.3, 0.4) is 0 Å². The van der Waals surface area contributed by atoms with E-state index in [9.17, 15) is 27.9 Å². The van der Waals surface area contributed by atoms with Crippen LogP contribution in [0.2, 0.25) is 25.7 Å². The number of hydrogen-bond acceptors (Lipinski definition) is 7. The normalized spacial score (nSPS) is 18.0. The molecule has 2 atom stereocenters. The highest BCUT2D eigenvalue weighted by Gasteiger charge is 2.41. The van der Waals surface area contributed by atoms with E-state index in [2.05, 4.69) is 24.7 Å². The molecule has 0 aromatic carbocycles. The molecule has 188 valence electrons. The van der Waals surface area contributed by atoms with Crippen LogP contribution in [0.4, 0.5) is 18.9 Å². The van der Waals surface area contributed by atoms with Crippen LogP contribution in [-0.4, -0.2) is 56.2 Å². The topological polar surface area (TPSA) is 96.7 Å². The van der Waals surface area contributed by atoms with Crippen molar-refractivity contribution < 1.29 is 32.5 Å². The molecule has 1 aromatic rings. The third kappa shape index (κ3) is 8.42. The number of rotatable bonds is 12. The number of hydrogen-bond donors (Lipinski definition) is 0. The maximum atomic E-state index is 13.9. The van der Waals surface area contributed by atoms with Gasteiger partial charge in [-0.2, -0.15) is 18.3 Å². The quantitative estimate of drug-likeness (QED) is 0.326. The van der Waals surface area contributed by atoms with Crippen molar-refractivity contribution in [1.82, 2.24) is 9.78 Å². The molecule has 8 nitrogen and oxygen atoms in total. The van der Waals surface area contributed by atoms with Crippen molar-refractivity contribution in [1.29, 1.82) is 0 Å². The Kier molecular flexibility index (Phi) is 9.50. The molecular weight excluding hydrogens is 459 g/mol. The van der Waals surface area contributed by atoms with Gasteiger partial charge in [-0.3, -0.25) is 4.79 Å². The summed E-state index contributed by atoms with van der Waals surface area (Å²) in [4.78, 5) is 24.9. The molecule has 1 aliphatic heterocycles. The van der Waals surface area contributed by atoms with Crippen molar-refractivity contribution in [3.8, 4) is 0 Å². The zero-order chi connectivity index (χ0) is 24.8. The Labute approximate surface area is 192 Å². The first-order valence-corrected chi connectivity index (χ1v) is 14.8. The molecule has 1 aromatic heterocycles. The van der Waals surface area contributed by atoms with E-state index >= 15 is 0 Å². The van der Waals surface area contributed by atoms with Gasteiger partial charge in [0.1, 0.15) is 12.3 Å². The molecule has 0 spiro atoms. The van der Waals surface area contributed by atoms with Crippen molar-refractivity contribution in [3.63, 3.8) is 0 Å².